The van der Waals surface area contributed by atoms with Gasteiger partial charge in [0.15, 0.2) is 0 Å². The lowest BCUT2D eigenvalue weighted by molar-refractivity contribution is 0.173. The molecule has 1 aliphatic rings. The highest BCUT2D eigenvalue weighted by Crippen LogP contribution is 2.48. The van der Waals surface area contributed by atoms with E-state index in [9.17, 15) is 5.11 Å². The number of fused-ring (bicyclic) bond motifs is 1. The molecule has 3 aromatic carbocycles. The summed E-state index contributed by atoms with van der Waals surface area (Å²) in [4.78, 5) is 0. The van der Waals surface area contributed by atoms with E-state index in [1.54, 1.807) is 0 Å². The van der Waals surface area contributed by atoms with Gasteiger partial charge in [0, 0.05) is 11.5 Å². The zero-order chi connectivity index (χ0) is 15.6. The van der Waals surface area contributed by atoms with Crippen LogP contribution in [-0.2, 0) is 0 Å². The molecule has 114 valence electrons. The van der Waals surface area contributed by atoms with Gasteiger partial charge in [0.25, 0.3) is 0 Å². The van der Waals surface area contributed by atoms with Crippen molar-refractivity contribution in [2.24, 2.45) is 0 Å². The van der Waals surface area contributed by atoms with Crippen LogP contribution >= 0.6 is 0 Å². The minimum atomic E-state index is -0.491. The fourth-order valence-corrected chi connectivity index (χ4v) is 3.40. The van der Waals surface area contributed by atoms with Gasteiger partial charge >= 0.3 is 0 Å². The molecule has 0 fully saturated rings. The highest BCUT2D eigenvalue weighted by Gasteiger charge is 2.33. The zero-order valence-corrected chi connectivity index (χ0v) is 12.7. The van der Waals surface area contributed by atoms with Crippen molar-refractivity contribution in [1.82, 2.24) is 0 Å². The van der Waals surface area contributed by atoms with Crippen molar-refractivity contribution < 1.29 is 9.84 Å². The lowest BCUT2D eigenvalue weighted by atomic mass is 9.93. The maximum absolute atomic E-state index is 10.6. The second-order valence-corrected chi connectivity index (χ2v) is 5.89. The molecule has 1 aliphatic carbocycles. The Morgan fingerprint density at radius 3 is 2.22 bits per heavy atom. The number of para-hydroxylation sites is 1. The molecule has 0 aliphatic heterocycles. The zero-order valence-electron chi connectivity index (χ0n) is 12.7. The Morgan fingerprint density at radius 2 is 1.48 bits per heavy atom. The largest absolute Gasteiger partial charge is 0.457 e. The molecule has 3 aromatic rings. The fourth-order valence-electron chi connectivity index (χ4n) is 3.40. The minimum Gasteiger partial charge on any atom is -0.457 e. The summed E-state index contributed by atoms with van der Waals surface area (Å²) in [5.74, 6) is 1.76. The van der Waals surface area contributed by atoms with Crippen LogP contribution in [0.15, 0.2) is 78.9 Å². The maximum atomic E-state index is 10.6. The van der Waals surface area contributed by atoms with Crippen molar-refractivity contribution >= 4 is 0 Å². The van der Waals surface area contributed by atoms with E-state index < -0.39 is 6.10 Å². The summed E-state index contributed by atoms with van der Waals surface area (Å²) in [5.41, 5.74) is 3.32. The fraction of sp³-hybridized carbons (Fsp3) is 0.143. The molecular formula is C21H18O2. The van der Waals surface area contributed by atoms with Crippen LogP contribution in [0, 0.1) is 0 Å². The van der Waals surface area contributed by atoms with Crippen LogP contribution in [0.1, 0.15) is 35.1 Å². The van der Waals surface area contributed by atoms with E-state index in [-0.39, 0.29) is 5.92 Å². The lowest BCUT2D eigenvalue weighted by Gasteiger charge is -2.14. The second kappa shape index (κ2) is 5.90. The smallest absolute Gasteiger partial charge is 0.133 e. The predicted octanol–water partition coefficient (Wildman–Crippen LogP) is 5.05. The topological polar surface area (TPSA) is 29.5 Å². The molecule has 23 heavy (non-hydrogen) atoms. The van der Waals surface area contributed by atoms with Gasteiger partial charge in [-0.3, -0.25) is 0 Å². The Morgan fingerprint density at radius 1 is 0.783 bits per heavy atom. The third-order valence-corrected chi connectivity index (χ3v) is 4.44. The summed E-state index contributed by atoms with van der Waals surface area (Å²) in [7, 11) is 0. The Balaban J connectivity index is 1.74. The van der Waals surface area contributed by atoms with Gasteiger partial charge < -0.3 is 9.84 Å². The molecule has 2 atom stereocenters. The molecule has 0 saturated heterocycles. The molecule has 1 N–H and O–H groups in total. The van der Waals surface area contributed by atoms with Crippen molar-refractivity contribution in [2.75, 3.05) is 0 Å². The molecule has 0 saturated carbocycles. The van der Waals surface area contributed by atoms with Crippen LogP contribution in [0.4, 0.5) is 0 Å². The van der Waals surface area contributed by atoms with Gasteiger partial charge in [-0.05, 0) is 35.7 Å². The van der Waals surface area contributed by atoms with Gasteiger partial charge in [-0.1, -0.05) is 60.7 Å². The number of aliphatic hydroxyl groups is 1. The number of aliphatic hydroxyl groups excluding tert-OH is 1. The summed E-state index contributed by atoms with van der Waals surface area (Å²) < 4.78 is 6.02. The minimum absolute atomic E-state index is 0.223. The molecular weight excluding hydrogens is 284 g/mol. The molecule has 4 rings (SSSR count). The number of benzene rings is 3. The van der Waals surface area contributed by atoms with E-state index >= 15 is 0 Å². The molecule has 0 spiro atoms. The molecule has 0 heterocycles. The SMILES string of the molecule is O[C@@H]1C[C@@H](c2ccccc2)c2cccc(Oc3ccccc3)c21. The Labute approximate surface area is 136 Å². The normalized spacial score (nSPS) is 19.3. The van der Waals surface area contributed by atoms with E-state index in [0.29, 0.717) is 6.42 Å². The molecule has 0 unspecified atom stereocenters. The van der Waals surface area contributed by atoms with E-state index in [4.69, 9.17) is 4.74 Å². The van der Waals surface area contributed by atoms with Crippen LogP contribution in [0.25, 0.3) is 0 Å². The van der Waals surface area contributed by atoms with E-state index in [1.165, 1.54) is 5.56 Å². The lowest BCUT2D eigenvalue weighted by Crippen LogP contribution is -1.96. The predicted molar refractivity (Wildman–Crippen MR) is 90.8 cm³/mol. The average molecular weight is 302 g/mol. The standard InChI is InChI=1S/C21H18O2/c22-19-14-18(15-8-3-1-4-9-15)17-12-7-13-20(21(17)19)23-16-10-5-2-6-11-16/h1-13,18-19,22H,14H2/t18-,19+/m0/s1. The third kappa shape index (κ3) is 2.62. The van der Waals surface area contributed by atoms with Gasteiger partial charge in [0.2, 0.25) is 0 Å². The highest BCUT2D eigenvalue weighted by molar-refractivity contribution is 5.52. The summed E-state index contributed by atoms with van der Waals surface area (Å²) in [6.45, 7) is 0. The second-order valence-electron chi connectivity index (χ2n) is 5.89. The first-order valence-corrected chi connectivity index (χ1v) is 7.91. The van der Waals surface area contributed by atoms with E-state index in [2.05, 4.69) is 18.2 Å². The molecule has 2 heteroatoms. The van der Waals surface area contributed by atoms with Crippen LogP contribution in [0.2, 0.25) is 0 Å². The molecule has 0 amide bonds. The summed E-state index contributed by atoms with van der Waals surface area (Å²) in [6.07, 6.45) is 0.212. The summed E-state index contributed by atoms with van der Waals surface area (Å²) in [6, 6.07) is 26.1. The monoisotopic (exact) mass is 302 g/mol. The molecule has 0 aromatic heterocycles. The van der Waals surface area contributed by atoms with Crippen LogP contribution in [0.5, 0.6) is 11.5 Å². The number of hydrogen-bond acceptors (Lipinski definition) is 2. The van der Waals surface area contributed by atoms with Gasteiger partial charge in [0.1, 0.15) is 11.5 Å². The van der Waals surface area contributed by atoms with Gasteiger partial charge in [-0.2, -0.15) is 0 Å². The number of rotatable bonds is 3. The van der Waals surface area contributed by atoms with Crippen molar-refractivity contribution in [1.29, 1.82) is 0 Å². The summed E-state index contributed by atoms with van der Waals surface area (Å²) >= 11 is 0. The number of hydrogen-bond donors (Lipinski definition) is 1. The first kappa shape index (κ1) is 14.0. The Kier molecular flexibility index (Phi) is 3.60. The van der Waals surface area contributed by atoms with Gasteiger partial charge in [0.05, 0.1) is 6.10 Å². The third-order valence-electron chi connectivity index (χ3n) is 4.44. The average Bonchev–Trinajstić information content (AvgIpc) is 2.95. The molecule has 2 nitrogen and oxygen atoms in total. The van der Waals surface area contributed by atoms with E-state index in [1.807, 2.05) is 60.7 Å². The van der Waals surface area contributed by atoms with Crippen LogP contribution < -0.4 is 4.74 Å². The first-order valence-electron chi connectivity index (χ1n) is 7.91. The quantitative estimate of drug-likeness (QED) is 0.733. The Hall–Kier alpha value is -2.58. The first-order chi connectivity index (χ1) is 11.3. The highest BCUT2D eigenvalue weighted by atomic mass is 16.5. The molecule has 0 radical (unpaired) electrons. The summed E-state index contributed by atoms with van der Waals surface area (Å²) in [5, 5.41) is 10.6. The maximum Gasteiger partial charge on any atom is 0.133 e. The van der Waals surface area contributed by atoms with Crippen LogP contribution in [0.3, 0.4) is 0 Å². The molecule has 0 bridgehead atoms. The van der Waals surface area contributed by atoms with Crippen molar-refractivity contribution in [3.8, 4) is 11.5 Å². The Bertz CT molecular complexity index is 797. The number of ether oxygens (including phenoxy) is 1. The van der Waals surface area contributed by atoms with Gasteiger partial charge in [-0.15, -0.1) is 0 Å². The van der Waals surface area contributed by atoms with E-state index in [0.717, 1.165) is 22.6 Å². The van der Waals surface area contributed by atoms with Crippen LogP contribution in [-0.4, -0.2) is 5.11 Å². The van der Waals surface area contributed by atoms with Crippen molar-refractivity contribution in [3.63, 3.8) is 0 Å². The van der Waals surface area contributed by atoms with Crippen molar-refractivity contribution in [3.05, 3.63) is 95.6 Å². The van der Waals surface area contributed by atoms with Gasteiger partial charge in [-0.25, -0.2) is 0 Å². The van der Waals surface area contributed by atoms with Crippen molar-refractivity contribution in [2.45, 2.75) is 18.4 Å².